The molecule has 0 radical (unpaired) electrons. The molecule has 0 amide bonds. The molecule has 140 valence electrons. The van der Waals surface area contributed by atoms with Crippen LogP contribution in [0.25, 0.3) is 10.9 Å². The lowest BCUT2D eigenvalue weighted by Gasteiger charge is -2.28. The third-order valence-corrected chi connectivity index (χ3v) is 4.96. The quantitative estimate of drug-likeness (QED) is 0.662. The van der Waals surface area contributed by atoms with Crippen LogP contribution in [0, 0.1) is 5.82 Å². The summed E-state index contributed by atoms with van der Waals surface area (Å²) in [5.74, 6) is -1.20. The summed E-state index contributed by atoms with van der Waals surface area (Å²) in [7, 11) is 1.25. The van der Waals surface area contributed by atoms with Crippen LogP contribution in [0.4, 0.5) is 10.1 Å². The van der Waals surface area contributed by atoms with Crippen LogP contribution in [0.3, 0.4) is 0 Å². The van der Waals surface area contributed by atoms with Gasteiger partial charge in [0.25, 0.3) is 0 Å². The van der Waals surface area contributed by atoms with Gasteiger partial charge in [-0.3, -0.25) is 0 Å². The SMILES string of the molecule is COC(=O)c1cccc(Cn2ccc3cc(N4CCOCC4)ccc32)c1F. The summed E-state index contributed by atoms with van der Waals surface area (Å²) in [4.78, 5) is 14.0. The van der Waals surface area contributed by atoms with Gasteiger partial charge in [0.1, 0.15) is 5.82 Å². The van der Waals surface area contributed by atoms with Crippen molar-refractivity contribution in [3.63, 3.8) is 0 Å². The first-order valence-corrected chi connectivity index (χ1v) is 8.94. The number of esters is 1. The van der Waals surface area contributed by atoms with Crippen molar-refractivity contribution < 1.29 is 18.7 Å². The maximum Gasteiger partial charge on any atom is 0.340 e. The van der Waals surface area contributed by atoms with Crippen molar-refractivity contribution in [1.29, 1.82) is 0 Å². The molecule has 0 atom stereocenters. The minimum Gasteiger partial charge on any atom is -0.465 e. The van der Waals surface area contributed by atoms with Crippen LogP contribution in [0.5, 0.6) is 0 Å². The molecule has 0 saturated carbocycles. The molecule has 0 unspecified atom stereocenters. The number of carbonyl (C=O) groups is 1. The Morgan fingerprint density at radius 2 is 2.00 bits per heavy atom. The number of hydrogen-bond acceptors (Lipinski definition) is 4. The van der Waals surface area contributed by atoms with E-state index < -0.39 is 11.8 Å². The average Bonchev–Trinajstić information content (AvgIpc) is 3.11. The number of methoxy groups -OCH3 is 1. The fraction of sp³-hybridized carbons (Fsp3) is 0.286. The fourth-order valence-electron chi connectivity index (χ4n) is 3.50. The van der Waals surface area contributed by atoms with E-state index in [2.05, 4.69) is 27.8 Å². The van der Waals surface area contributed by atoms with Gasteiger partial charge in [-0.2, -0.15) is 0 Å². The number of rotatable bonds is 4. The minimum absolute atomic E-state index is 0.0407. The molecule has 0 bridgehead atoms. The normalized spacial score (nSPS) is 14.5. The lowest BCUT2D eigenvalue weighted by atomic mass is 10.1. The Morgan fingerprint density at radius 1 is 1.19 bits per heavy atom. The number of hydrogen-bond donors (Lipinski definition) is 0. The van der Waals surface area contributed by atoms with Gasteiger partial charge in [-0.25, -0.2) is 9.18 Å². The Bertz CT molecular complexity index is 977. The number of fused-ring (bicyclic) bond motifs is 1. The summed E-state index contributed by atoms with van der Waals surface area (Å²) in [6.45, 7) is 3.61. The van der Waals surface area contributed by atoms with Crippen LogP contribution < -0.4 is 4.90 Å². The predicted octanol–water partition coefficient (Wildman–Crippen LogP) is 3.45. The van der Waals surface area contributed by atoms with Crippen molar-refractivity contribution in [2.24, 2.45) is 0 Å². The van der Waals surface area contributed by atoms with Gasteiger partial charge in [-0.05, 0) is 30.3 Å². The monoisotopic (exact) mass is 368 g/mol. The maximum absolute atomic E-state index is 14.7. The molecule has 6 heteroatoms. The number of morpholine rings is 1. The van der Waals surface area contributed by atoms with Crippen molar-refractivity contribution in [2.45, 2.75) is 6.54 Å². The van der Waals surface area contributed by atoms with E-state index in [1.54, 1.807) is 12.1 Å². The van der Waals surface area contributed by atoms with Gasteiger partial charge in [0, 0.05) is 41.4 Å². The first-order valence-electron chi connectivity index (χ1n) is 8.94. The Morgan fingerprint density at radius 3 is 2.78 bits per heavy atom. The van der Waals surface area contributed by atoms with Crippen LogP contribution in [0.15, 0.2) is 48.7 Å². The second-order valence-electron chi connectivity index (χ2n) is 6.56. The van der Waals surface area contributed by atoms with Gasteiger partial charge in [-0.1, -0.05) is 12.1 Å². The summed E-state index contributed by atoms with van der Waals surface area (Å²) in [6, 6.07) is 13.1. The lowest BCUT2D eigenvalue weighted by Crippen LogP contribution is -2.36. The topological polar surface area (TPSA) is 43.7 Å². The first-order chi connectivity index (χ1) is 13.2. The molecule has 2 heterocycles. The first kappa shape index (κ1) is 17.5. The average molecular weight is 368 g/mol. The van der Waals surface area contributed by atoms with E-state index in [1.165, 1.54) is 18.9 Å². The highest BCUT2D eigenvalue weighted by Crippen LogP contribution is 2.25. The predicted molar refractivity (Wildman–Crippen MR) is 102 cm³/mol. The zero-order valence-electron chi connectivity index (χ0n) is 15.2. The second kappa shape index (κ2) is 7.40. The van der Waals surface area contributed by atoms with Crippen molar-refractivity contribution in [1.82, 2.24) is 4.57 Å². The molecule has 1 aliphatic rings. The highest BCUT2D eigenvalue weighted by atomic mass is 19.1. The lowest BCUT2D eigenvalue weighted by molar-refractivity contribution is 0.0595. The van der Waals surface area contributed by atoms with Gasteiger partial charge in [0.05, 0.1) is 32.4 Å². The molecular formula is C21H21FN2O3. The van der Waals surface area contributed by atoms with E-state index in [9.17, 15) is 9.18 Å². The number of nitrogens with zero attached hydrogens (tertiary/aromatic N) is 2. The molecule has 0 aliphatic carbocycles. The molecule has 4 rings (SSSR count). The Balaban J connectivity index is 1.62. The van der Waals surface area contributed by atoms with E-state index in [0.29, 0.717) is 12.1 Å². The van der Waals surface area contributed by atoms with Crippen LogP contribution in [-0.4, -0.2) is 43.9 Å². The number of ether oxygens (including phenoxy) is 2. The highest BCUT2D eigenvalue weighted by Gasteiger charge is 2.16. The van der Waals surface area contributed by atoms with E-state index in [1.807, 2.05) is 16.8 Å². The highest BCUT2D eigenvalue weighted by molar-refractivity contribution is 5.90. The number of carbonyl (C=O) groups excluding carboxylic acids is 1. The molecule has 2 aromatic carbocycles. The zero-order chi connectivity index (χ0) is 18.8. The Labute approximate surface area is 156 Å². The molecule has 1 aromatic heterocycles. The van der Waals surface area contributed by atoms with E-state index in [-0.39, 0.29) is 5.56 Å². The van der Waals surface area contributed by atoms with Gasteiger partial charge in [0.15, 0.2) is 0 Å². The fourth-order valence-corrected chi connectivity index (χ4v) is 3.50. The van der Waals surface area contributed by atoms with Gasteiger partial charge >= 0.3 is 5.97 Å². The molecule has 3 aromatic rings. The molecule has 1 aliphatic heterocycles. The van der Waals surface area contributed by atoms with Crippen LogP contribution >= 0.6 is 0 Å². The third-order valence-electron chi connectivity index (χ3n) is 4.96. The Kier molecular flexibility index (Phi) is 4.81. The summed E-state index contributed by atoms with van der Waals surface area (Å²) >= 11 is 0. The number of halogens is 1. The van der Waals surface area contributed by atoms with Crippen LogP contribution in [-0.2, 0) is 16.0 Å². The van der Waals surface area contributed by atoms with Crippen molar-refractivity contribution >= 4 is 22.6 Å². The smallest absolute Gasteiger partial charge is 0.340 e. The summed E-state index contributed by atoms with van der Waals surface area (Å²) in [5.41, 5.74) is 2.60. The molecule has 27 heavy (non-hydrogen) atoms. The standard InChI is InChI=1S/C21H21FN2O3/c1-26-21(25)18-4-2-3-16(20(18)22)14-24-8-7-15-13-17(5-6-19(15)24)23-9-11-27-12-10-23/h2-8,13H,9-12,14H2,1H3. The molecular weight excluding hydrogens is 347 g/mol. The number of benzene rings is 2. The van der Waals surface area contributed by atoms with Crippen molar-refractivity contribution in [2.75, 3.05) is 38.3 Å². The summed E-state index contributed by atoms with van der Waals surface area (Å²) in [5, 5.41) is 1.10. The van der Waals surface area contributed by atoms with Crippen molar-refractivity contribution in [3.05, 3.63) is 65.6 Å². The van der Waals surface area contributed by atoms with E-state index in [4.69, 9.17) is 4.74 Å². The third kappa shape index (κ3) is 3.40. The van der Waals surface area contributed by atoms with E-state index >= 15 is 0 Å². The van der Waals surface area contributed by atoms with Gasteiger partial charge < -0.3 is 18.9 Å². The van der Waals surface area contributed by atoms with Crippen molar-refractivity contribution in [3.8, 4) is 0 Å². The molecule has 1 saturated heterocycles. The molecule has 1 fully saturated rings. The molecule has 5 nitrogen and oxygen atoms in total. The molecule has 0 spiro atoms. The summed E-state index contributed by atoms with van der Waals surface area (Å²) < 4.78 is 26.7. The second-order valence-corrected chi connectivity index (χ2v) is 6.56. The van der Waals surface area contributed by atoms with Crippen LogP contribution in [0.2, 0.25) is 0 Å². The number of anilines is 1. The summed E-state index contributed by atoms with van der Waals surface area (Å²) in [6.07, 6.45) is 1.94. The van der Waals surface area contributed by atoms with E-state index in [0.717, 1.165) is 37.2 Å². The van der Waals surface area contributed by atoms with Gasteiger partial charge in [0.2, 0.25) is 0 Å². The largest absolute Gasteiger partial charge is 0.465 e. The Hall–Kier alpha value is -2.86. The maximum atomic E-state index is 14.7. The van der Waals surface area contributed by atoms with Crippen LogP contribution in [0.1, 0.15) is 15.9 Å². The van der Waals surface area contributed by atoms with Gasteiger partial charge in [-0.15, -0.1) is 0 Å². The minimum atomic E-state index is -0.665. The number of aromatic nitrogens is 1. The molecule has 0 N–H and O–H groups in total. The zero-order valence-corrected chi connectivity index (χ0v) is 15.2.